The van der Waals surface area contributed by atoms with Crippen LogP contribution in [-0.4, -0.2) is 35.9 Å². The van der Waals surface area contributed by atoms with Crippen LogP contribution in [0, 0.1) is 0 Å². The Labute approximate surface area is 96.5 Å². The van der Waals surface area contributed by atoms with Gasteiger partial charge in [0.2, 0.25) is 0 Å². The summed E-state index contributed by atoms with van der Waals surface area (Å²) < 4.78 is 0. The second-order valence-corrected chi connectivity index (χ2v) is 3.76. The van der Waals surface area contributed by atoms with E-state index in [1.165, 1.54) is 5.56 Å². The molecule has 1 saturated heterocycles. The van der Waals surface area contributed by atoms with Gasteiger partial charge in [0.25, 0.3) is 0 Å². The van der Waals surface area contributed by atoms with Crippen molar-refractivity contribution in [2.24, 2.45) is 0 Å². The zero-order chi connectivity index (χ0) is 9.80. The molecule has 0 aliphatic carbocycles. The molecule has 0 bridgehead atoms. The molecule has 4 heteroatoms. The Kier molecular flexibility index (Phi) is 5.05. The molecule has 0 spiro atoms. The van der Waals surface area contributed by atoms with Crippen LogP contribution in [0.25, 0.3) is 0 Å². The molecule has 1 fully saturated rings. The monoisotopic (exact) mass is 228 g/mol. The molecule has 0 saturated carbocycles. The molecule has 2 rings (SSSR count). The van der Waals surface area contributed by atoms with Gasteiger partial charge in [0.1, 0.15) is 0 Å². The molecule has 1 aliphatic heterocycles. The maximum absolute atomic E-state index is 9.07. The summed E-state index contributed by atoms with van der Waals surface area (Å²) >= 11 is 0. The van der Waals surface area contributed by atoms with E-state index in [0.717, 1.165) is 26.3 Å². The van der Waals surface area contributed by atoms with E-state index in [0.29, 0.717) is 0 Å². The molecule has 3 nitrogen and oxygen atoms in total. The van der Waals surface area contributed by atoms with Crippen molar-refractivity contribution in [1.29, 1.82) is 0 Å². The van der Waals surface area contributed by atoms with Crippen LogP contribution < -0.4 is 5.32 Å². The molecule has 84 valence electrons. The van der Waals surface area contributed by atoms with Gasteiger partial charge in [0, 0.05) is 26.3 Å². The Morgan fingerprint density at radius 3 is 2.53 bits per heavy atom. The van der Waals surface area contributed by atoms with Gasteiger partial charge in [-0.15, -0.1) is 12.4 Å². The quantitative estimate of drug-likeness (QED) is 0.802. The lowest BCUT2D eigenvalue weighted by Crippen LogP contribution is -2.53. The van der Waals surface area contributed by atoms with Crippen molar-refractivity contribution in [3.63, 3.8) is 0 Å². The first-order valence-corrected chi connectivity index (χ1v) is 4.99. The lowest BCUT2D eigenvalue weighted by molar-refractivity contribution is -0.00258. The number of aliphatic hydroxyl groups is 1. The minimum Gasteiger partial charge on any atom is -0.390 e. The number of halogens is 1. The van der Waals surface area contributed by atoms with Gasteiger partial charge >= 0.3 is 0 Å². The van der Waals surface area contributed by atoms with Gasteiger partial charge in [-0.25, -0.2) is 0 Å². The maximum atomic E-state index is 9.07. The van der Waals surface area contributed by atoms with E-state index in [1.807, 2.05) is 18.2 Å². The van der Waals surface area contributed by atoms with E-state index in [4.69, 9.17) is 5.11 Å². The smallest absolute Gasteiger partial charge is 0.0794 e. The zero-order valence-corrected chi connectivity index (χ0v) is 9.41. The predicted molar refractivity (Wildman–Crippen MR) is 63.0 cm³/mol. The summed E-state index contributed by atoms with van der Waals surface area (Å²) in [4.78, 5) is 2.19. The van der Waals surface area contributed by atoms with Crippen LogP contribution >= 0.6 is 12.4 Å². The largest absolute Gasteiger partial charge is 0.390 e. The lowest BCUT2D eigenvalue weighted by atomic mass is 10.2. The average molecular weight is 229 g/mol. The number of hydrogen-bond donors (Lipinski definition) is 2. The molecule has 0 radical (unpaired) electrons. The third-order valence-electron chi connectivity index (χ3n) is 2.45. The molecule has 1 aromatic rings. The zero-order valence-electron chi connectivity index (χ0n) is 8.60. The highest BCUT2D eigenvalue weighted by atomic mass is 35.5. The number of likely N-dealkylation sites (tertiary alicyclic amines) is 1. The number of nitrogens with one attached hydrogen (secondary N) is 1. The van der Waals surface area contributed by atoms with Crippen molar-refractivity contribution in [3.05, 3.63) is 35.9 Å². The van der Waals surface area contributed by atoms with E-state index in [9.17, 15) is 0 Å². The molecule has 0 atom stereocenters. The van der Waals surface area contributed by atoms with Gasteiger partial charge in [-0.2, -0.15) is 0 Å². The van der Waals surface area contributed by atoms with Gasteiger partial charge < -0.3 is 10.4 Å². The van der Waals surface area contributed by atoms with Gasteiger partial charge in [-0.1, -0.05) is 30.3 Å². The molecule has 1 aromatic carbocycles. The Morgan fingerprint density at radius 2 is 1.93 bits per heavy atom. The molecule has 1 aliphatic rings. The summed E-state index contributed by atoms with van der Waals surface area (Å²) in [6, 6.07) is 10.3. The number of β-amino-alcohol motifs (C(OH)–C–C–N with tert-alkyl or cyclic N) is 1. The predicted octanol–water partition coefficient (Wildman–Crippen LogP) is 0.832. The summed E-state index contributed by atoms with van der Waals surface area (Å²) in [7, 11) is 0. The van der Waals surface area contributed by atoms with Crippen LogP contribution in [0.5, 0.6) is 0 Å². The highest BCUT2D eigenvalue weighted by Gasteiger charge is 2.22. The molecule has 0 aromatic heterocycles. The van der Waals surface area contributed by atoms with Crippen LogP contribution in [0.4, 0.5) is 0 Å². The Morgan fingerprint density at radius 1 is 1.27 bits per heavy atom. The summed E-state index contributed by atoms with van der Waals surface area (Å²) in [6.07, 6.45) is -0.103. The molecule has 1 heterocycles. The number of hydrogen-bond acceptors (Lipinski definition) is 3. The van der Waals surface area contributed by atoms with Crippen LogP contribution in [0.1, 0.15) is 5.56 Å². The van der Waals surface area contributed by atoms with Crippen molar-refractivity contribution in [1.82, 2.24) is 10.2 Å². The van der Waals surface area contributed by atoms with E-state index in [2.05, 4.69) is 22.3 Å². The molecule has 0 unspecified atom stereocenters. The Hall–Kier alpha value is -0.610. The second-order valence-electron chi connectivity index (χ2n) is 3.76. The van der Waals surface area contributed by atoms with E-state index in [1.54, 1.807) is 0 Å². The number of rotatable bonds is 4. The third kappa shape index (κ3) is 3.80. The topological polar surface area (TPSA) is 35.5 Å². The first-order chi connectivity index (χ1) is 6.84. The fourth-order valence-corrected chi connectivity index (χ4v) is 1.63. The SMILES string of the molecule is Cl.OC1CN(CNCc2ccccc2)C1. The molecule has 2 N–H and O–H groups in total. The minimum absolute atomic E-state index is 0. The van der Waals surface area contributed by atoms with Crippen LogP contribution in [-0.2, 0) is 6.54 Å². The third-order valence-corrected chi connectivity index (χ3v) is 2.45. The standard InChI is InChI=1S/C11H16N2O.ClH/c14-11-7-13(8-11)9-12-6-10-4-2-1-3-5-10;/h1-5,11-12,14H,6-9H2;1H. The first-order valence-electron chi connectivity index (χ1n) is 4.99. The summed E-state index contributed by atoms with van der Waals surface area (Å²) in [5.74, 6) is 0. The number of aliphatic hydroxyl groups excluding tert-OH is 1. The molecular weight excluding hydrogens is 212 g/mol. The van der Waals surface area contributed by atoms with E-state index < -0.39 is 0 Å². The Bertz CT molecular complexity index is 275. The van der Waals surface area contributed by atoms with Gasteiger partial charge in [-0.05, 0) is 5.56 Å². The Balaban J connectivity index is 0.00000112. The highest BCUT2D eigenvalue weighted by Crippen LogP contribution is 2.05. The molecule has 0 amide bonds. The molecule has 15 heavy (non-hydrogen) atoms. The van der Waals surface area contributed by atoms with Crippen LogP contribution in [0.15, 0.2) is 30.3 Å². The fourth-order valence-electron chi connectivity index (χ4n) is 1.63. The van der Waals surface area contributed by atoms with Gasteiger partial charge in [0.05, 0.1) is 6.10 Å². The van der Waals surface area contributed by atoms with Crippen molar-refractivity contribution >= 4 is 12.4 Å². The summed E-state index contributed by atoms with van der Waals surface area (Å²) in [5, 5.41) is 12.4. The first kappa shape index (κ1) is 12.5. The molecular formula is C11H17ClN2O. The second kappa shape index (κ2) is 6.08. The average Bonchev–Trinajstić information content (AvgIpc) is 2.17. The minimum atomic E-state index is -0.103. The number of nitrogens with zero attached hydrogens (tertiary/aromatic N) is 1. The van der Waals surface area contributed by atoms with E-state index in [-0.39, 0.29) is 18.5 Å². The maximum Gasteiger partial charge on any atom is 0.0794 e. The highest BCUT2D eigenvalue weighted by molar-refractivity contribution is 5.85. The normalized spacial score (nSPS) is 16.9. The van der Waals surface area contributed by atoms with Crippen LogP contribution in [0.3, 0.4) is 0 Å². The number of benzene rings is 1. The lowest BCUT2D eigenvalue weighted by Gasteiger charge is -2.35. The van der Waals surface area contributed by atoms with Crippen molar-refractivity contribution in [3.8, 4) is 0 Å². The van der Waals surface area contributed by atoms with Gasteiger partial charge in [-0.3, -0.25) is 4.90 Å². The van der Waals surface area contributed by atoms with Crippen molar-refractivity contribution < 1.29 is 5.11 Å². The van der Waals surface area contributed by atoms with Crippen molar-refractivity contribution in [2.45, 2.75) is 12.6 Å². The summed E-state index contributed by atoms with van der Waals surface area (Å²) in [5.41, 5.74) is 1.30. The summed E-state index contributed by atoms with van der Waals surface area (Å²) in [6.45, 7) is 3.38. The van der Waals surface area contributed by atoms with E-state index >= 15 is 0 Å². The van der Waals surface area contributed by atoms with Gasteiger partial charge in [0.15, 0.2) is 0 Å². The fraction of sp³-hybridized carbons (Fsp3) is 0.455. The van der Waals surface area contributed by atoms with Crippen molar-refractivity contribution in [2.75, 3.05) is 19.8 Å². The van der Waals surface area contributed by atoms with Crippen LogP contribution in [0.2, 0.25) is 0 Å².